The topological polar surface area (TPSA) is 24.9 Å². The Balaban J connectivity index is 1.55. The summed E-state index contributed by atoms with van der Waals surface area (Å²) >= 11 is 3.35. The van der Waals surface area contributed by atoms with Crippen molar-refractivity contribution in [2.24, 2.45) is 0 Å². The summed E-state index contributed by atoms with van der Waals surface area (Å²) in [5.74, 6) is 0. The number of aromatic nitrogens is 1. The van der Waals surface area contributed by atoms with E-state index in [1.165, 1.54) is 27.1 Å². The average molecular weight is 487 g/mol. The molecule has 0 aliphatic heterocycles. The van der Waals surface area contributed by atoms with Gasteiger partial charge in [-0.15, -0.1) is 22.7 Å². The van der Waals surface area contributed by atoms with Gasteiger partial charge in [-0.05, 0) is 45.8 Å². The Labute approximate surface area is 213 Å². The predicted octanol–water partition coefficient (Wildman–Crippen LogP) is 9.62. The number of hydrogen-bond acceptors (Lipinski definition) is 4. The van der Waals surface area contributed by atoms with Crippen molar-refractivity contribution in [2.75, 3.05) is 5.32 Å². The van der Waals surface area contributed by atoms with Crippen molar-refractivity contribution >= 4 is 33.5 Å². The van der Waals surface area contributed by atoms with E-state index in [1.54, 1.807) is 22.7 Å². The average Bonchev–Trinajstić information content (AvgIpc) is 3.63. The second-order valence-electron chi connectivity index (χ2n) is 8.18. The van der Waals surface area contributed by atoms with E-state index in [9.17, 15) is 0 Å². The van der Waals surface area contributed by atoms with E-state index in [0.717, 1.165) is 27.6 Å². The molecule has 0 fully saturated rings. The molecule has 0 aliphatic carbocycles. The fourth-order valence-corrected chi connectivity index (χ4v) is 5.72. The summed E-state index contributed by atoms with van der Waals surface area (Å²) in [6.45, 7) is 0. The van der Waals surface area contributed by atoms with Gasteiger partial charge in [-0.3, -0.25) is 0 Å². The molecular weight excluding hydrogens is 464 g/mol. The largest absolute Gasteiger partial charge is 0.330 e. The molecule has 0 spiro atoms. The van der Waals surface area contributed by atoms with Crippen molar-refractivity contribution in [3.8, 4) is 44.0 Å². The van der Waals surface area contributed by atoms with Crippen molar-refractivity contribution in [1.82, 2.24) is 4.98 Å². The van der Waals surface area contributed by atoms with E-state index in [-0.39, 0.29) is 0 Å². The van der Waals surface area contributed by atoms with Crippen LogP contribution in [0.3, 0.4) is 0 Å². The second kappa shape index (κ2) is 9.71. The van der Waals surface area contributed by atoms with Crippen LogP contribution in [0.15, 0.2) is 126 Å². The lowest BCUT2D eigenvalue weighted by Crippen LogP contribution is -1.98. The lowest BCUT2D eigenvalue weighted by molar-refractivity contribution is 1.39. The summed E-state index contributed by atoms with van der Waals surface area (Å²) in [5, 5.41) is 8.81. The molecule has 1 N–H and O–H groups in total. The van der Waals surface area contributed by atoms with E-state index in [2.05, 4.69) is 131 Å². The first-order valence-electron chi connectivity index (χ1n) is 11.5. The minimum atomic E-state index is 0.884. The van der Waals surface area contributed by atoms with E-state index in [4.69, 9.17) is 4.98 Å². The Kier molecular flexibility index (Phi) is 5.97. The van der Waals surface area contributed by atoms with Gasteiger partial charge in [0.25, 0.3) is 0 Å². The molecule has 2 heterocycles. The minimum Gasteiger partial charge on any atom is -0.330 e. The van der Waals surface area contributed by atoms with Gasteiger partial charge in [0.2, 0.25) is 0 Å². The maximum atomic E-state index is 4.92. The number of nitrogens with zero attached hydrogens (tertiary/aromatic N) is 1. The van der Waals surface area contributed by atoms with Crippen LogP contribution in [0.1, 0.15) is 0 Å². The predicted molar refractivity (Wildman–Crippen MR) is 151 cm³/mol. The molecule has 168 valence electrons. The van der Waals surface area contributed by atoms with Gasteiger partial charge in [0.1, 0.15) is 0 Å². The number of anilines is 2. The Morgan fingerprint density at radius 2 is 1.11 bits per heavy atom. The van der Waals surface area contributed by atoms with Gasteiger partial charge in [0.15, 0.2) is 5.13 Å². The second-order valence-corrected chi connectivity index (χ2v) is 9.99. The molecule has 2 nitrogen and oxygen atoms in total. The van der Waals surface area contributed by atoms with E-state index < -0.39 is 0 Å². The van der Waals surface area contributed by atoms with Crippen LogP contribution in [0.4, 0.5) is 10.8 Å². The number of nitrogens with one attached hydrogen (secondary N) is 1. The van der Waals surface area contributed by atoms with Gasteiger partial charge >= 0.3 is 0 Å². The molecule has 6 aromatic rings. The van der Waals surface area contributed by atoms with Crippen LogP contribution in [-0.4, -0.2) is 4.98 Å². The van der Waals surface area contributed by atoms with Crippen LogP contribution in [0, 0.1) is 0 Å². The molecular formula is C31H22N2S2. The van der Waals surface area contributed by atoms with E-state index in [1.807, 2.05) is 0 Å². The third-order valence-corrected chi connectivity index (χ3v) is 7.57. The molecule has 35 heavy (non-hydrogen) atoms. The highest BCUT2D eigenvalue weighted by Gasteiger charge is 2.17. The highest BCUT2D eigenvalue weighted by molar-refractivity contribution is 7.16. The molecule has 0 radical (unpaired) electrons. The van der Waals surface area contributed by atoms with Crippen molar-refractivity contribution in [3.63, 3.8) is 0 Å². The summed E-state index contributed by atoms with van der Waals surface area (Å²) in [6.07, 6.45) is 0. The standard InChI is InChI=1S/C31H22N2S2/c1-4-11-22(12-5-1)25-19-26(23-13-6-2-7-14-23)30(27(20-25)24-15-8-3-9-16-24)33-31-32-28(21-35-31)29-17-10-18-34-29/h1-21H,(H,32,33). The molecule has 2 aromatic heterocycles. The van der Waals surface area contributed by atoms with Gasteiger partial charge in [-0.1, -0.05) is 97.1 Å². The first-order chi connectivity index (χ1) is 17.3. The smallest absolute Gasteiger partial charge is 0.187 e. The zero-order valence-electron chi connectivity index (χ0n) is 18.9. The molecule has 4 aromatic carbocycles. The minimum absolute atomic E-state index is 0.884. The number of rotatable bonds is 6. The lowest BCUT2D eigenvalue weighted by atomic mass is 9.91. The van der Waals surface area contributed by atoms with E-state index >= 15 is 0 Å². The Bertz CT molecular complexity index is 1480. The van der Waals surface area contributed by atoms with Gasteiger partial charge in [0.05, 0.1) is 16.3 Å². The van der Waals surface area contributed by atoms with Gasteiger partial charge in [-0.2, -0.15) is 0 Å². The first-order valence-corrected chi connectivity index (χ1v) is 13.2. The Morgan fingerprint density at radius 1 is 0.543 bits per heavy atom. The van der Waals surface area contributed by atoms with Crippen molar-refractivity contribution < 1.29 is 0 Å². The third kappa shape index (κ3) is 4.54. The summed E-state index contributed by atoms with van der Waals surface area (Å²) in [4.78, 5) is 6.10. The molecule has 0 saturated carbocycles. The zero-order chi connectivity index (χ0) is 23.5. The number of thiophene rings is 1. The van der Waals surface area contributed by atoms with Crippen LogP contribution in [0.5, 0.6) is 0 Å². The summed E-state index contributed by atoms with van der Waals surface area (Å²) in [7, 11) is 0. The highest BCUT2D eigenvalue weighted by atomic mass is 32.1. The van der Waals surface area contributed by atoms with Gasteiger partial charge in [-0.25, -0.2) is 4.98 Å². The molecule has 0 bridgehead atoms. The van der Waals surface area contributed by atoms with Gasteiger partial charge in [0, 0.05) is 16.5 Å². The van der Waals surface area contributed by atoms with Crippen molar-refractivity contribution in [1.29, 1.82) is 0 Å². The van der Waals surface area contributed by atoms with Crippen LogP contribution in [0.25, 0.3) is 44.0 Å². The molecule has 4 heteroatoms. The zero-order valence-corrected chi connectivity index (χ0v) is 20.5. The fourth-order valence-electron chi connectivity index (χ4n) is 4.24. The van der Waals surface area contributed by atoms with Crippen LogP contribution in [0.2, 0.25) is 0 Å². The molecule has 0 amide bonds. The Morgan fingerprint density at radius 3 is 1.66 bits per heavy atom. The summed E-state index contributed by atoms with van der Waals surface area (Å²) in [6, 6.07) is 40.5. The first kappa shape index (κ1) is 21.5. The quantitative estimate of drug-likeness (QED) is 0.253. The lowest BCUT2D eigenvalue weighted by Gasteiger charge is -2.19. The van der Waals surface area contributed by atoms with Crippen LogP contribution < -0.4 is 5.32 Å². The molecule has 6 rings (SSSR count). The number of hydrogen-bond donors (Lipinski definition) is 1. The summed E-state index contributed by atoms with van der Waals surface area (Å²) < 4.78 is 0. The van der Waals surface area contributed by atoms with Crippen LogP contribution in [-0.2, 0) is 0 Å². The maximum absolute atomic E-state index is 4.92. The number of thiazole rings is 1. The molecule has 0 unspecified atom stereocenters. The third-order valence-electron chi connectivity index (χ3n) is 5.92. The maximum Gasteiger partial charge on any atom is 0.187 e. The normalized spacial score (nSPS) is 10.9. The molecule has 0 aliphatic rings. The summed E-state index contributed by atoms with van der Waals surface area (Å²) in [5.41, 5.74) is 9.09. The molecule has 0 atom stereocenters. The highest BCUT2D eigenvalue weighted by Crippen LogP contribution is 2.43. The number of benzene rings is 4. The van der Waals surface area contributed by atoms with Gasteiger partial charge < -0.3 is 5.32 Å². The Hall–Kier alpha value is -3.99. The van der Waals surface area contributed by atoms with Crippen molar-refractivity contribution in [3.05, 3.63) is 126 Å². The fraction of sp³-hybridized carbons (Fsp3) is 0. The molecule has 0 saturated heterocycles. The SMILES string of the molecule is c1ccc(-c2cc(-c3ccccc3)c(Nc3nc(-c4cccs4)cs3)c(-c3ccccc3)c2)cc1. The van der Waals surface area contributed by atoms with E-state index in [0.29, 0.717) is 0 Å². The van der Waals surface area contributed by atoms with Crippen molar-refractivity contribution in [2.45, 2.75) is 0 Å². The monoisotopic (exact) mass is 486 g/mol. The van der Waals surface area contributed by atoms with Crippen LogP contribution >= 0.6 is 22.7 Å².